The van der Waals surface area contributed by atoms with Crippen LogP contribution in [0.25, 0.3) is 0 Å². The molecule has 10 nitrogen and oxygen atoms in total. The summed E-state index contributed by atoms with van der Waals surface area (Å²) in [5.41, 5.74) is 12.0. The van der Waals surface area contributed by atoms with Crippen molar-refractivity contribution in [2.24, 2.45) is 41.5 Å². The standard InChI is InChI=1S/2CH3N5/c2*1-3-5-6-4-2/h2*2H,1H2/b2*4-2?,6-5+. The summed E-state index contributed by atoms with van der Waals surface area (Å²) < 4.78 is 0. The second-order valence-corrected chi connectivity index (χ2v) is 0.841. The second kappa shape index (κ2) is 15.9. The molecule has 0 aromatic carbocycles. The van der Waals surface area contributed by atoms with Crippen molar-refractivity contribution in [1.82, 2.24) is 0 Å². The molecule has 0 aliphatic rings. The van der Waals surface area contributed by atoms with Gasteiger partial charge in [0.05, 0.1) is 0 Å². The molecule has 0 saturated carbocycles. The first-order valence-electron chi connectivity index (χ1n) is 2.28. The lowest BCUT2D eigenvalue weighted by atomic mass is 11.7. The Morgan fingerprint density at radius 3 is 1.08 bits per heavy atom. The van der Waals surface area contributed by atoms with E-state index < -0.39 is 0 Å². The lowest BCUT2D eigenvalue weighted by Gasteiger charge is -1.58. The minimum Gasteiger partial charge on any atom is -0.183 e. The fourth-order valence-electron chi connectivity index (χ4n) is 0.0966. The first-order chi connectivity index (χ1) is 5.83. The average molecular weight is 170 g/mol. The minimum atomic E-state index is 2.50. The molecule has 0 aromatic rings. The number of nitrogens with zero attached hydrogens (tertiary/aromatic N) is 8. The molecule has 2 N–H and O–H groups in total. The van der Waals surface area contributed by atoms with Gasteiger partial charge in [0.2, 0.25) is 0 Å². The van der Waals surface area contributed by atoms with E-state index in [1.54, 1.807) is 0 Å². The molecule has 0 rings (SSSR count). The maximum Gasteiger partial charge on any atom is 0.0151 e. The van der Waals surface area contributed by atoms with E-state index in [1.165, 1.54) is 0 Å². The summed E-state index contributed by atoms with van der Waals surface area (Å²) in [6.45, 7) is 5.89. The van der Waals surface area contributed by atoms with Crippen molar-refractivity contribution in [3.63, 3.8) is 0 Å². The van der Waals surface area contributed by atoms with E-state index >= 15 is 0 Å². The van der Waals surface area contributed by atoms with Crippen molar-refractivity contribution in [2.45, 2.75) is 0 Å². The molecule has 0 bridgehead atoms. The summed E-state index contributed by atoms with van der Waals surface area (Å²) in [6, 6.07) is 0. The summed E-state index contributed by atoms with van der Waals surface area (Å²) in [5.74, 6) is 0. The highest BCUT2D eigenvalue weighted by atomic mass is 15.5. The van der Waals surface area contributed by atoms with Gasteiger partial charge < -0.3 is 0 Å². The molecule has 0 radical (unpaired) electrons. The van der Waals surface area contributed by atoms with Crippen LogP contribution in [0, 0.1) is 11.1 Å². The zero-order valence-electron chi connectivity index (χ0n) is 5.99. The van der Waals surface area contributed by atoms with Gasteiger partial charge in [0, 0.05) is 13.4 Å². The van der Waals surface area contributed by atoms with Crippen LogP contribution in [0.3, 0.4) is 0 Å². The van der Waals surface area contributed by atoms with Gasteiger partial charge in [-0.15, -0.1) is 10.2 Å². The first kappa shape index (κ1) is 12.4. The van der Waals surface area contributed by atoms with Crippen molar-refractivity contribution in [3.05, 3.63) is 0 Å². The molecular formula is C2H6N10. The van der Waals surface area contributed by atoms with Gasteiger partial charge in [-0.2, -0.15) is 11.1 Å². The summed E-state index contributed by atoms with van der Waals surface area (Å²) in [5, 5.41) is 22.1. The Labute approximate surface area is 67.1 Å². The second-order valence-electron chi connectivity index (χ2n) is 0.841. The van der Waals surface area contributed by atoms with E-state index in [0.717, 1.165) is 0 Å². The van der Waals surface area contributed by atoms with Gasteiger partial charge in [-0.3, -0.25) is 0 Å². The van der Waals surface area contributed by atoms with Gasteiger partial charge in [0.1, 0.15) is 0 Å². The lowest BCUT2D eigenvalue weighted by molar-refractivity contribution is 0.863. The largest absolute Gasteiger partial charge is 0.183 e. The average Bonchev–Trinajstić information content (AvgIpc) is 2.12. The third-order valence-electron chi connectivity index (χ3n) is 0.296. The van der Waals surface area contributed by atoms with Crippen LogP contribution < -0.4 is 0 Å². The van der Waals surface area contributed by atoms with Crippen LogP contribution in [0.15, 0.2) is 41.5 Å². The lowest BCUT2D eigenvalue weighted by Crippen LogP contribution is -1.38. The molecule has 0 fully saturated rings. The Balaban J connectivity index is 0. The molecular weight excluding hydrogens is 164 g/mol. The van der Waals surface area contributed by atoms with Crippen molar-refractivity contribution in [3.8, 4) is 0 Å². The molecule has 12 heavy (non-hydrogen) atoms. The predicted molar refractivity (Wildman–Crippen MR) is 39.1 cm³/mol. The smallest absolute Gasteiger partial charge is 0.0151 e. The van der Waals surface area contributed by atoms with Crippen LogP contribution in [0.4, 0.5) is 0 Å². The van der Waals surface area contributed by atoms with E-state index in [0.29, 0.717) is 0 Å². The molecule has 0 amide bonds. The van der Waals surface area contributed by atoms with E-state index in [9.17, 15) is 0 Å². The Morgan fingerprint density at radius 2 is 1.00 bits per heavy atom. The molecule has 10 heteroatoms. The fraction of sp³-hybridized carbons (Fsp3) is 0. The van der Waals surface area contributed by atoms with E-state index in [1.807, 2.05) is 0 Å². The molecule has 0 spiro atoms. The highest BCUT2D eigenvalue weighted by Gasteiger charge is 1.50. The van der Waals surface area contributed by atoms with Crippen LogP contribution in [0.2, 0.25) is 0 Å². The molecule has 64 valence electrons. The van der Waals surface area contributed by atoms with Gasteiger partial charge in [0.25, 0.3) is 0 Å². The Hall–Kier alpha value is -2.26. The highest BCUT2D eigenvalue weighted by Crippen LogP contribution is 1.71. The minimum absolute atomic E-state index is 2.50. The molecule has 0 heterocycles. The Kier molecular flexibility index (Phi) is 16.4. The molecule has 0 aliphatic heterocycles. The zero-order valence-corrected chi connectivity index (χ0v) is 5.99. The number of hydrogen-bond acceptors (Lipinski definition) is 4. The molecule has 0 atom stereocenters. The quantitative estimate of drug-likeness (QED) is 0.360. The van der Waals surface area contributed by atoms with Gasteiger partial charge >= 0.3 is 0 Å². The Morgan fingerprint density at radius 1 is 0.667 bits per heavy atom. The Bertz CT molecular complexity index is 146. The molecule has 0 saturated heterocycles. The van der Waals surface area contributed by atoms with Gasteiger partial charge in [-0.05, 0) is 31.3 Å². The number of hydrogen-bond donors (Lipinski definition) is 2. The van der Waals surface area contributed by atoms with Crippen LogP contribution in [-0.4, -0.2) is 13.4 Å². The predicted octanol–water partition coefficient (Wildman–Crippen LogP) is 2.00. The normalized spacial score (nSPS) is 8.67. The maximum atomic E-state index is 5.98. The zero-order chi connectivity index (χ0) is 9.66. The van der Waals surface area contributed by atoms with Crippen LogP contribution in [-0.2, 0) is 0 Å². The van der Waals surface area contributed by atoms with E-state index in [-0.39, 0.29) is 0 Å². The van der Waals surface area contributed by atoms with Crippen LogP contribution in [0.1, 0.15) is 0 Å². The fourth-order valence-corrected chi connectivity index (χ4v) is 0.0966. The van der Waals surface area contributed by atoms with E-state index in [2.05, 4.69) is 55.0 Å². The van der Waals surface area contributed by atoms with Gasteiger partial charge in [0.15, 0.2) is 0 Å². The van der Waals surface area contributed by atoms with Crippen LogP contribution >= 0.6 is 0 Å². The first-order valence-corrected chi connectivity index (χ1v) is 2.28. The topological polar surface area (TPSA) is 147 Å². The molecule has 0 aromatic heterocycles. The van der Waals surface area contributed by atoms with Gasteiger partial charge in [-0.25, -0.2) is 0 Å². The maximum absolute atomic E-state index is 5.98. The summed E-state index contributed by atoms with van der Waals surface area (Å²) >= 11 is 0. The summed E-state index contributed by atoms with van der Waals surface area (Å²) in [4.78, 5) is 0. The summed E-state index contributed by atoms with van der Waals surface area (Å²) in [7, 11) is 0. The molecule has 0 unspecified atom stereocenters. The van der Waals surface area contributed by atoms with E-state index in [4.69, 9.17) is 11.1 Å². The third-order valence-corrected chi connectivity index (χ3v) is 0.296. The van der Waals surface area contributed by atoms with Crippen molar-refractivity contribution in [2.75, 3.05) is 0 Å². The van der Waals surface area contributed by atoms with Crippen LogP contribution in [0.5, 0.6) is 0 Å². The molecule has 0 aliphatic carbocycles. The SMILES string of the molecule is C=N/N=N/N=N.C=N/N=N/N=N. The summed E-state index contributed by atoms with van der Waals surface area (Å²) in [6.07, 6.45) is 0. The van der Waals surface area contributed by atoms with Crippen molar-refractivity contribution < 1.29 is 0 Å². The van der Waals surface area contributed by atoms with Crippen molar-refractivity contribution >= 4 is 13.4 Å². The monoisotopic (exact) mass is 170 g/mol. The number of nitrogens with one attached hydrogen (secondary N) is 2. The van der Waals surface area contributed by atoms with Crippen molar-refractivity contribution in [1.29, 1.82) is 11.1 Å². The third kappa shape index (κ3) is 25.1. The number of rotatable bonds is 4. The highest BCUT2D eigenvalue weighted by molar-refractivity contribution is 5.22. The van der Waals surface area contributed by atoms with Gasteiger partial charge in [-0.1, -0.05) is 0 Å².